The normalized spacial score (nSPS) is 15.8. The Balaban J connectivity index is 1.80. The summed E-state index contributed by atoms with van der Waals surface area (Å²) in [7, 11) is 1.61. The van der Waals surface area contributed by atoms with Gasteiger partial charge in [0.15, 0.2) is 0 Å². The first-order valence-electron chi connectivity index (χ1n) is 8.52. The van der Waals surface area contributed by atoms with Gasteiger partial charge < -0.3 is 15.2 Å². The van der Waals surface area contributed by atoms with Crippen molar-refractivity contribution in [2.24, 2.45) is 5.73 Å². The second-order valence-corrected chi connectivity index (χ2v) is 6.27. The molecule has 0 fully saturated rings. The van der Waals surface area contributed by atoms with Gasteiger partial charge in [-0.25, -0.2) is 0 Å². The maximum Gasteiger partial charge on any atom is 0.244 e. The molecule has 3 N–H and O–H groups in total. The van der Waals surface area contributed by atoms with E-state index in [1.807, 2.05) is 42.5 Å². The number of ether oxygens (including phenoxy) is 2. The molecule has 2 heterocycles. The molecular formula is C21H18N4O2. The number of fused-ring (bicyclic) bond motifs is 1. The van der Waals surface area contributed by atoms with E-state index in [1.54, 1.807) is 7.11 Å². The lowest BCUT2D eigenvalue weighted by Crippen LogP contribution is -2.21. The Morgan fingerprint density at radius 2 is 1.85 bits per heavy atom. The molecule has 0 spiro atoms. The fourth-order valence-corrected chi connectivity index (χ4v) is 3.39. The molecule has 3 aromatic rings. The molecule has 0 saturated heterocycles. The van der Waals surface area contributed by atoms with Crippen LogP contribution in [0.5, 0.6) is 5.88 Å². The first-order valence-corrected chi connectivity index (χ1v) is 8.52. The number of allylic oxidation sites excluding steroid dienone is 1. The van der Waals surface area contributed by atoms with Crippen LogP contribution in [-0.2, 0) is 11.3 Å². The molecule has 1 aromatic heterocycles. The highest BCUT2D eigenvalue weighted by Crippen LogP contribution is 2.43. The van der Waals surface area contributed by atoms with E-state index in [0.717, 1.165) is 27.9 Å². The maximum absolute atomic E-state index is 9.68. The SMILES string of the molecule is COCc1[nH]nc2c1[C@@H](c1ccc(-c3ccccc3)cc1)C(C#N)=C(N)O2. The number of aromatic nitrogens is 2. The molecule has 1 aliphatic rings. The predicted octanol–water partition coefficient (Wildman–Crippen LogP) is 3.44. The summed E-state index contributed by atoms with van der Waals surface area (Å²) in [5.41, 5.74) is 11.1. The number of benzene rings is 2. The Morgan fingerprint density at radius 3 is 2.52 bits per heavy atom. The minimum atomic E-state index is -0.354. The van der Waals surface area contributed by atoms with Crippen LogP contribution in [0.25, 0.3) is 11.1 Å². The maximum atomic E-state index is 9.68. The van der Waals surface area contributed by atoms with Crippen LogP contribution < -0.4 is 10.5 Å². The topological polar surface area (TPSA) is 97.0 Å². The van der Waals surface area contributed by atoms with Crippen LogP contribution >= 0.6 is 0 Å². The number of nitrogens with one attached hydrogen (secondary N) is 1. The van der Waals surface area contributed by atoms with Crippen LogP contribution in [0.3, 0.4) is 0 Å². The highest BCUT2D eigenvalue weighted by atomic mass is 16.5. The molecule has 134 valence electrons. The summed E-state index contributed by atoms with van der Waals surface area (Å²) < 4.78 is 10.8. The molecule has 6 heteroatoms. The van der Waals surface area contributed by atoms with E-state index in [1.165, 1.54) is 0 Å². The largest absolute Gasteiger partial charge is 0.420 e. The van der Waals surface area contributed by atoms with Gasteiger partial charge in [0.2, 0.25) is 11.8 Å². The first kappa shape index (κ1) is 16.9. The summed E-state index contributed by atoms with van der Waals surface area (Å²) in [4.78, 5) is 0. The van der Waals surface area contributed by atoms with Crippen molar-refractivity contribution < 1.29 is 9.47 Å². The molecule has 6 nitrogen and oxygen atoms in total. The summed E-state index contributed by atoms with van der Waals surface area (Å²) in [5.74, 6) is 0.112. The van der Waals surface area contributed by atoms with Crippen LogP contribution in [0, 0.1) is 11.3 Å². The lowest BCUT2D eigenvalue weighted by molar-refractivity contribution is 0.180. The second-order valence-electron chi connectivity index (χ2n) is 6.27. The van der Waals surface area contributed by atoms with Gasteiger partial charge in [-0.2, -0.15) is 5.26 Å². The van der Waals surface area contributed by atoms with Gasteiger partial charge in [-0.1, -0.05) is 54.6 Å². The third-order valence-electron chi connectivity index (χ3n) is 4.66. The second kappa shape index (κ2) is 6.98. The summed E-state index contributed by atoms with van der Waals surface area (Å²) in [6.45, 7) is 0.336. The zero-order chi connectivity index (χ0) is 18.8. The standard InChI is InChI=1S/C21H18N4O2/c1-26-12-17-19-18(16(11-22)20(23)27-21(19)25-24-17)15-9-7-14(8-10-15)13-5-3-2-4-6-13/h2-10,18H,12,23H2,1H3,(H,24,25)/t18-/m0/s1. The quantitative estimate of drug-likeness (QED) is 0.744. The number of nitrogens with zero attached hydrogens (tertiary/aromatic N) is 2. The van der Waals surface area contributed by atoms with E-state index in [0.29, 0.717) is 18.1 Å². The van der Waals surface area contributed by atoms with Gasteiger partial charge in [-0.3, -0.25) is 5.10 Å². The van der Waals surface area contributed by atoms with E-state index in [-0.39, 0.29) is 11.8 Å². The van der Waals surface area contributed by atoms with Gasteiger partial charge >= 0.3 is 0 Å². The van der Waals surface area contributed by atoms with Crippen molar-refractivity contribution in [2.45, 2.75) is 12.5 Å². The number of methoxy groups -OCH3 is 1. The Bertz CT molecular complexity index is 1030. The van der Waals surface area contributed by atoms with Crippen molar-refractivity contribution in [1.29, 1.82) is 5.26 Å². The monoisotopic (exact) mass is 358 g/mol. The number of hydrogen-bond acceptors (Lipinski definition) is 5. The predicted molar refractivity (Wildman–Crippen MR) is 100 cm³/mol. The molecule has 1 atom stereocenters. The molecule has 0 unspecified atom stereocenters. The molecule has 0 amide bonds. The third kappa shape index (κ3) is 2.94. The van der Waals surface area contributed by atoms with Crippen LogP contribution in [0.15, 0.2) is 66.1 Å². The summed E-state index contributed by atoms with van der Waals surface area (Å²) >= 11 is 0. The van der Waals surface area contributed by atoms with Crippen molar-refractivity contribution in [1.82, 2.24) is 10.2 Å². The molecule has 1 aliphatic heterocycles. The summed E-state index contributed by atoms with van der Waals surface area (Å²) in [6, 6.07) is 20.4. The highest BCUT2D eigenvalue weighted by Gasteiger charge is 2.35. The number of rotatable bonds is 4. The lowest BCUT2D eigenvalue weighted by Gasteiger charge is -2.24. The average molecular weight is 358 g/mol. The Morgan fingerprint density at radius 1 is 1.15 bits per heavy atom. The fourth-order valence-electron chi connectivity index (χ4n) is 3.39. The smallest absolute Gasteiger partial charge is 0.244 e. The number of nitrogens with two attached hydrogens (primary N) is 1. The van der Waals surface area contributed by atoms with E-state index in [4.69, 9.17) is 15.2 Å². The molecule has 0 aliphatic carbocycles. The number of aromatic amines is 1. The molecule has 0 saturated carbocycles. The van der Waals surface area contributed by atoms with E-state index >= 15 is 0 Å². The van der Waals surface area contributed by atoms with Crippen molar-refractivity contribution in [3.63, 3.8) is 0 Å². The molecule has 4 rings (SSSR count). The van der Waals surface area contributed by atoms with Crippen LogP contribution in [-0.4, -0.2) is 17.3 Å². The molecule has 0 radical (unpaired) electrons. The Hall–Kier alpha value is -3.56. The molecule has 2 aromatic carbocycles. The van der Waals surface area contributed by atoms with E-state index in [2.05, 4.69) is 28.4 Å². The Labute approximate surface area is 156 Å². The summed E-state index contributed by atoms with van der Waals surface area (Å²) in [5, 5.41) is 16.8. The average Bonchev–Trinajstić information content (AvgIpc) is 3.10. The van der Waals surface area contributed by atoms with E-state index < -0.39 is 0 Å². The van der Waals surface area contributed by atoms with Gasteiger partial charge in [-0.05, 0) is 16.7 Å². The molecule has 0 bridgehead atoms. The minimum absolute atomic E-state index is 0.0811. The minimum Gasteiger partial charge on any atom is -0.420 e. The van der Waals surface area contributed by atoms with Crippen LogP contribution in [0.1, 0.15) is 22.7 Å². The lowest BCUT2D eigenvalue weighted by atomic mass is 9.83. The Kier molecular flexibility index (Phi) is 4.37. The van der Waals surface area contributed by atoms with Gasteiger partial charge in [-0.15, -0.1) is 5.10 Å². The van der Waals surface area contributed by atoms with Gasteiger partial charge in [0.25, 0.3) is 0 Å². The highest BCUT2D eigenvalue weighted by molar-refractivity contribution is 5.65. The zero-order valence-corrected chi connectivity index (χ0v) is 14.8. The van der Waals surface area contributed by atoms with Crippen molar-refractivity contribution in [2.75, 3.05) is 7.11 Å². The first-order chi connectivity index (χ1) is 13.2. The molecular weight excluding hydrogens is 340 g/mol. The van der Waals surface area contributed by atoms with Gasteiger partial charge in [0.05, 0.1) is 23.8 Å². The van der Waals surface area contributed by atoms with Crippen LogP contribution in [0.2, 0.25) is 0 Å². The van der Waals surface area contributed by atoms with Gasteiger partial charge in [0, 0.05) is 7.11 Å². The van der Waals surface area contributed by atoms with Crippen molar-refractivity contribution >= 4 is 0 Å². The van der Waals surface area contributed by atoms with Crippen molar-refractivity contribution in [3.8, 4) is 23.1 Å². The number of H-pyrrole nitrogens is 1. The number of nitriles is 1. The van der Waals surface area contributed by atoms with E-state index in [9.17, 15) is 5.26 Å². The van der Waals surface area contributed by atoms with Crippen molar-refractivity contribution in [3.05, 3.63) is 82.9 Å². The number of hydrogen-bond donors (Lipinski definition) is 2. The molecule has 27 heavy (non-hydrogen) atoms. The van der Waals surface area contributed by atoms with Crippen LogP contribution in [0.4, 0.5) is 0 Å². The summed E-state index contributed by atoms with van der Waals surface area (Å²) in [6.07, 6.45) is 0. The van der Waals surface area contributed by atoms with Gasteiger partial charge in [0.1, 0.15) is 11.6 Å². The zero-order valence-electron chi connectivity index (χ0n) is 14.8. The fraction of sp³-hybridized carbons (Fsp3) is 0.143. The third-order valence-corrected chi connectivity index (χ3v) is 4.66.